The lowest BCUT2D eigenvalue weighted by molar-refractivity contribution is -0.117. The van der Waals surface area contributed by atoms with Crippen LogP contribution in [0.3, 0.4) is 0 Å². The van der Waals surface area contributed by atoms with Crippen LogP contribution in [0.2, 0.25) is 0 Å². The molecule has 0 fully saturated rings. The maximum absolute atomic E-state index is 13.4. The molecule has 1 aliphatic rings. The minimum absolute atomic E-state index is 0.0146. The predicted molar refractivity (Wildman–Crippen MR) is 51.4 cm³/mol. The van der Waals surface area contributed by atoms with Gasteiger partial charge in [0.05, 0.1) is 5.57 Å². The average Bonchev–Trinajstić information content (AvgIpc) is 2.17. The molecule has 0 aromatic rings. The Morgan fingerprint density at radius 2 is 2.27 bits per heavy atom. The van der Waals surface area contributed by atoms with E-state index in [-0.39, 0.29) is 11.5 Å². The number of hydrogen-bond donors (Lipinski definition) is 2. The number of rotatable bonds is 3. The van der Waals surface area contributed by atoms with E-state index >= 15 is 0 Å². The van der Waals surface area contributed by atoms with E-state index in [9.17, 15) is 9.18 Å². The summed E-state index contributed by atoms with van der Waals surface area (Å²) in [6.45, 7) is 3.64. The first-order valence-electron chi connectivity index (χ1n) is 4.36. The third-order valence-electron chi connectivity index (χ3n) is 1.84. The molecule has 1 aliphatic carbocycles. The minimum Gasteiger partial charge on any atom is -0.267 e. The van der Waals surface area contributed by atoms with Crippen LogP contribution in [0.15, 0.2) is 39.7 Å². The lowest BCUT2D eigenvalue weighted by atomic mass is 9.99. The van der Waals surface area contributed by atoms with E-state index in [0.717, 1.165) is 6.08 Å². The van der Waals surface area contributed by atoms with E-state index in [4.69, 9.17) is 5.53 Å². The summed E-state index contributed by atoms with van der Waals surface area (Å²) in [5.41, 5.74) is 13.8. The SMILES string of the molecule is CC(C)C1=C=C=C(C(=O)NN=N)C=C1F. The van der Waals surface area contributed by atoms with Gasteiger partial charge in [-0.3, -0.25) is 4.79 Å². The Morgan fingerprint density at radius 1 is 1.60 bits per heavy atom. The largest absolute Gasteiger partial charge is 0.281 e. The minimum atomic E-state index is -0.671. The summed E-state index contributed by atoms with van der Waals surface area (Å²) in [4.78, 5) is 11.1. The van der Waals surface area contributed by atoms with Gasteiger partial charge in [-0.15, -0.1) is 0 Å². The van der Waals surface area contributed by atoms with Gasteiger partial charge in [0.1, 0.15) is 5.83 Å². The van der Waals surface area contributed by atoms with Crippen molar-refractivity contribution >= 4 is 5.91 Å². The number of carbonyl (C=O) groups excluding carboxylic acids is 1. The van der Waals surface area contributed by atoms with Crippen LogP contribution >= 0.6 is 0 Å². The van der Waals surface area contributed by atoms with Gasteiger partial charge in [-0.25, -0.2) is 9.82 Å². The summed E-state index contributed by atoms with van der Waals surface area (Å²) in [7, 11) is 0. The summed E-state index contributed by atoms with van der Waals surface area (Å²) in [5.74, 6) is -1.19. The Labute approximate surface area is 86.3 Å². The number of amides is 1. The molecule has 0 aromatic heterocycles. The Kier molecular flexibility index (Phi) is 3.34. The van der Waals surface area contributed by atoms with Gasteiger partial charge in [0.25, 0.3) is 5.91 Å². The zero-order chi connectivity index (χ0) is 11.4. The number of nitrogens with one attached hydrogen (secondary N) is 2. The second kappa shape index (κ2) is 4.51. The highest BCUT2D eigenvalue weighted by atomic mass is 19.1. The number of carbonyl (C=O) groups is 1. The average molecular weight is 207 g/mol. The molecule has 5 heteroatoms. The van der Waals surface area contributed by atoms with E-state index < -0.39 is 11.7 Å². The molecule has 0 atom stereocenters. The molecule has 1 rings (SSSR count). The van der Waals surface area contributed by atoms with Crippen molar-refractivity contribution in [3.05, 3.63) is 34.5 Å². The third kappa shape index (κ3) is 2.50. The van der Waals surface area contributed by atoms with Crippen molar-refractivity contribution in [2.24, 2.45) is 11.1 Å². The molecule has 0 saturated carbocycles. The number of hydrogen-bond acceptors (Lipinski definition) is 3. The molecule has 2 N–H and O–H groups in total. The van der Waals surface area contributed by atoms with Crippen LogP contribution < -0.4 is 5.43 Å². The van der Waals surface area contributed by atoms with Gasteiger partial charge in [0.15, 0.2) is 0 Å². The van der Waals surface area contributed by atoms with Crippen LogP contribution in [0.5, 0.6) is 0 Å². The number of halogens is 1. The second-order valence-corrected chi connectivity index (χ2v) is 3.28. The molecule has 15 heavy (non-hydrogen) atoms. The standard InChI is InChI=1S/C10H10FN3O/c1-6(2)8-4-3-7(5-9(8)11)10(15)13-14-12/h5-6H,1-2H3,(H2,12,13,15). The summed E-state index contributed by atoms with van der Waals surface area (Å²) >= 11 is 0. The number of allylic oxidation sites excluding steroid dienone is 2. The van der Waals surface area contributed by atoms with E-state index in [2.05, 4.69) is 16.7 Å². The molecule has 4 nitrogen and oxygen atoms in total. The molecule has 0 radical (unpaired) electrons. The van der Waals surface area contributed by atoms with Crippen molar-refractivity contribution in [1.29, 1.82) is 5.53 Å². The molecular weight excluding hydrogens is 197 g/mol. The molecule has 78 valence electrons. The van der Waals surface area contributed by atoms with E-state index in [1.165, 1.54) is 0 Å². The van der Waals surface area contributed by atoms with E-state index in [0.29, 0.717) is 5.57 Å². The normalized spacial score (nSPS) is 14.3. The van der Waals surface area contributed by atoms with Crippen molar-refractivity contribution in [2.75, 3.05) is 0 Å². The van der Waals surface area contributed by atoms with Gasteiger partial charge >= 0.3 is 0 Å². The molecule has 0 bridgehead atoms. The molecule has 0 unspecified atom stereocenters. The van der Waals surface area contributed by atoms with Crippen molar-refractivity contribution in [2.45, 2.75) is 13.8 Å². The Balaban J connectivity index is 3.11. The van der Waals surface area contributed by atoms with Gasteiger partial charge < -0.3 is 0 Å². The van der Waals surface area contributed by atoms with Gasteiger partial charge in [0, 0.05) is 5.57 Å². The van der Waals surface area contributed by atoms with Crippen molar-refractivity contribution in [1.82, 2.24) is 5.43 Å². The van der Waals surface area contributed by atoms with Crippen LogP contribution in [0.1, 0.15) is 13.8 Å². The van der Waals surface area contributed by atoms with Crippen LogP contribution in [-0.4, -0.2) is 5.91 Å². The van der Waals surface area contributed by atoms with Crippen LogP contribution in [0, 0.1) is 11.4 Å². The topological polar surface area (TPSA) is 65.3 Å². The summed E-state index contributed by atoms with van der Waals surface area (Å²) < 4.78 is 13.4. The number of nitrogens with zero attached hydrogens (tertiary/aromatic N) is 1. The maximum Gasteiger partial charge on any atom is 0.281 e. The predicted octanol–water partition coefficient (Wildman–Crippen LogP) is 2.18. The van der Waals surface area contributed by atoms with Crippen molar-refractivity contribution < 1.29 is 9.18 Å². The van der Waals surface area contributed by atoms with Crippen LogP contribution in [-0.2, 0) is 4.79 Å². The molecule has 0 saturated heterocycles. The third-order valence-corrected chi connectivity index (χ3v) is 1.84. The lowest BCUT2D eigenvalue weighted by Gasteiger charge is -2.07. The second-order valence-electron chi connectivity index (χ2n) is 3.28. The molecule has 0 spiro atoms. The Bertz CT molecular complexity index is 436. The fourth-order valence-corrected chi connectivity index (χ4v) is 1.09. The first kappa shape index (κ1) is 11.1. The summed E-state index contributed by atoms with van der Waals surface area (Å²) in [5, 5.41) is 2.69. The Hall–Kier alpha value is -1.96. The highest BCUT2D eigenvalue weighted by molar-refractivity contribution is 5.96. The molecule has 0 aromatic carbocycles. The van der Waals surface area contributed by atoms with Gasteiger partial charge in [0.2, 0.25) is 0 Å². The van der Waals surface area contributed by atoms with Crippen LogP contribution in [0.25, 0.3) is 0 Å². The zero-order valence-corrected chi connectivity index (χ0v) is 8.39. The molecule has 0 aliphatic heterocycles. The highest BCUT2D eigenvalue weighted by Crippen LogP contribution is 2.22. The van der Waals surface area contributed by atoms with Gasteiger partial charge in [-0.05, 0) is 12.0 Å². The fraction of sp³-hybridized carbons (Fsp3) is 0.300. The fourth-order valence-electron chi connectivity index (χ4n) is 1.09. The lowest BCUT2D eigenvalue weighted by Crippen LogP contribution is -2.18. The van der Waals surface area contributed by atoms with Crippen LogP contribution in [0.4, 0.5) is 4.39 Å². The van der Waals surface area contributed by atoms with Gasteiger partial charge in [-0.2, -0.15) is 5.53 Å². The first-order chi connectivity index (χ1) is 7.06. The first-order valence-corrected chi connectivity index (χ1v) is 4.36. The summed E-state index contributed by atoms with van der Waals surface area (Å²) in [6.07, 6.45) is 1.06. The van der Waals surface area contributed by atoms with E-state index in [1.807, 2.05) is 19.3 Å². The quantitative estimate of drug-likeness (QED) is 0.415. The molecule has 1 amide bonds. The zero-order valence-electron chi connectivity index (χ0n) is 8.39. The molecular formula is C10H10FN3O. The van der Waals surface area contributed by atoms with Crippen molar-refractivity contribution in [3.63, 3.8) is 0 Å². The highest BCUT2D eigenvalue weighted by Gasteiger charge is 2.15. The molecule has 0 heterocycles. The summed E-state index contributed by atoms with van der Waals surface area (Å²) in [6, 6.07) is 0. The van der Waals surface area contributed by atoms with Crippen molar-refractivity contribution in [3.8, 4) is 0 Å². The smallest absolute Gasteiger partial charge is 0.267 e. The van der Waals surface area contributed by atoms with E-state index in [1.54, 1.807) is 0 Å². The van der Waals surface area contributed by atoms with Gasteiger partial charge in [-0.1, -0.05) is 30.5 Å². The maximum atomic E-state index is 13.4. The Morgan fingerprint density at radius 3 is 2.73 bits per heavy atom. The monoisotopic (exact) mass is 207 g/mol.